The average Bonchev–Trinajstić information content (AvgIpc) is 3.09. The highest BCUT2D eigenvalue weighted by Gasteiger charge is 2.23. The number of para-hydroxylation sites is 1. The van der Waals surface area contributed by atoms with Crippen molar-refractivity contribution in [2.24, 2.45) is 4.99 Å². The van der Waals surface area contributed by atoms with E-state index in [0.29, 0.717) is 16.7 Å². The number of halogens is 1. The van der Waals surface area contributed by atoms with Crippen LogP contribution in [0.4, 0.5) is 5.69 Å². The van der Waals surface area contributed by atoms with Crippen LogP contribution in [0.1, 0.15) is 11.1 Å². The van der Waals surface area contributed by atoms with Gasteiger partial charge in [-0.25, -0.2) is 4.99 Å². The molecule has 0 bridgehead atoms. The number of ether oxygens (including phenoxy) is 1. The van der Waals surface area contributed by atoms with Crippen LogP contribution in [0.3, 0.4) is 0 Å². The summed E-state index contributed by atoms with van der Waals surface area (Å²) in [5, 5.41) is 3.42. The first-order valence-electron chi connectivity index (χ1n) is 8.98. The second kappa shape index (κ2) is 9.28. The Morgan fingerprint density at radius 3 is 2.45 bits per heavy atom. The Bertz CT molecular complexity index is 1080. The van der Waals surface area contributed by atoms with Crippen molar-refractivity contribution in [2.45, 2.75) is 6.61 Å². The summed E-state index contributed by atoms with van der Waals surface area (Å²) < 4.78 is 6.85. The number of hydrogen-bond acceptors (Lipinski definition) is 4. The van der Waals surface area contributed by atoms with Gasteiger partial charge in [0, 0.05) is 3.57 Å². The summed E-state index contributed by atoms with van der Waals surface area (Å²) in [5.41, 5.74) is 2.90. The Morgan fingerprint density at radius 2 is 1.69 bits per heavy atom. The zero-order valence-electron chi connectivity index (χ0n) is 15.3. The normalized spacial score (nSPS) is 16.2. The van der Waals surface area contributed by atoms with E-state index in [2.05, 4.69) is 32.9 Å². The maximum atomic E-state index is 12.3. The molecule has 1 aliphatic heterocycles. The molecule has 3 aromatic rings. The number of carbonyl (C=O) groups is 1. The first-order valence-corrected chi connectivity index (χ1v) is 10.9. The van der Waals surface area contributed by atoms with E-state index in [1.165, 1.54) is 11.8 Å². The monoisotopic (exact) mass is 512 g/mol. The molecule has 4 nitrogen and oxygen atoms in total. The summed E-state index contributed by atoms with van der Waals surface area (Å²) in [6, 6.07) is 25.6. The van der Waals surface area contributed by atoms with Gasteiger partial charge in [-0.2, -0.15) is 0 Å². The molecule has 0 saturated carbocycles. The first kappa shape index (κ1) is 19.7. The van der Waals surface area contributed by atoms with Crippen molar-refractivity contribution in [2.75, 3.05) is 0 Å². The van der Waals surface area contributed by atoms with Gasteiger partial charge in [0.1, 0.15) is 12.4 Å². The van der Waals surface area contributed by atoms with Crippen molar-refractivity contribution in [1.29, 1.82) is 0 Å². The second-order valence-electron chi connectivity index (χ2n) is 6.28. The van der Waals surface area contributed by atoms with E-state index in [1.54, 1.807) is 0 Å². The van der Waals surface area contributed by atoms with Crippen LogP contribution in [0.15, 0.2) is 88.8 Å². The Hall–Kier alpha value is -2.58. The van der Waals surface area contributed by atoms with E-state index in [1.807, 2.05) is 84.9 Å². The summed E-state index contributed by atoms with van der Waals surface area (Å²) in [6.07, 6.45) is 1.86. The molecule has 1 saturated heterocycles. The SMILES string of the molecule is O=C1NC(=Nc2ccccc2I)S/C1=C/c1ccc(OCc2ccccc2)cc1. The van der Waals surface area contributed by atoms with Crippen LogP contribution in [-0.2, 0) is 11.4 Å². The second-order valence-corrected chi connectivity index (χ2v) is 8.47. The van der Waals surface area contributed by atoms with Crippen molar-refractivity contribution >= 4 is 57.2 Å². The molecular weight excluding hydrogens is 495 g/mol. The molecule has 0 unspecified atom stereocenters. The Balaban J connectivity index is 1.42. The van der Waals surface area contributed by atoms with E-state index < -0.39 is 0 Å². The smallest absolute Gasteiger partial charge is 0.264 e. The predicted molar refractivity (Wildman–Crippen MR) is 127 cm³/mol. The molecule has 0 spiro atoms. The van der Waals surface area contributed by atoms with Gasteiger partial charge >= 0.3 is 0 Å². The Morgan fingerprint density at radius 1 is 0.966 bits per heavy atom. The molecule has 0 radical (unpaired) electrons. The fourth-order valence-electron chi connectivity index (χ4n) is 2.68. The van der Waals surface area contributed by atoms with Crippen LogP contribution in [0.25, 0.3) is 6.08 Å². The lowest BCUT2D eigenvalue weighted by Gasteiger charge is -2.06. The molecule has 144 valence electrons. The highest BCUT2D eigenvalue weighted by molar-refractivity contribution is 14.1. The van der Waals surface area contributed by atoms with Gasteiger partial charge in [0.2, 0.25) is 0 Å². The van der Waals surface area contributed by atoms with Crippen LogP contribution < -0.4 is 10.1 Å². The minimum absolute atomic E-state index is 0.135. The zero-order chi connectivity index (χ0) is 20.1. The fraction of sp³-hybridized carbons (Fsp3) is 0.0435. The topological polar surface area (TPSA) is 50.7 Å². The maximum absolute atomic E-state index is 12.3. The lowest BCUT2D eigenvalue weighted by atomic mass is 10.2. The average molecular weight is 512 g/mol. The van der Waals surface area contributed by atoms with Crippen molar-refractivity contribution < 1.29 is 9.53 Å². The summed E-state index contributed by atoms with van der Waals surface area (Å²) in [5.74, 6) is 0.657. The van der Waals surface area contributed by atoms with E-state index >= 15 is 0 Å². The van der Waals surface area contributed by atoms with Crippen molar-refractivity contribution in [3.05, 3.63) is 98.5 Å². The van der Waals surface area contributed by atoms with E-state index in [-0.39, 0.29) is 5.91 Å². The summed E-state index contributed by atoms with van der Waals surface area (Å²) in [7, 11) is 0. The van der Waals surface area contributed by atoms with Crippen LogP contribution >= 0.6 is 34.4 Å². The molecule has 4 rings (SSSR count). The zero-order valence-corrected chi connectivity index (χ0v) is 18.3. The minimum atomic E-state index is -0.135. The minimum Gasteiger partial charge on any atom is -0.489 e. The quantitative estimate of drug-likeness (QED) is 0.349. The fourth-order valence-corrected chi connectivity index (χ4v) is 4.03. The van der Waals surface area contributed by atoms with Gasteiger partial charge in [0.15, 0.2) is 5.17 Å². The molecule has 1 amide bonds. The predicted octanol–water partition coefficient (Wildman–Crippen LogP) is 5.76. The number of nitrogens with zero attached hydrogens (tertiary/aromatic N) is 1. The lowest BCUT2D eigenvalue weighted by Crippen LogP contribution is -2.19. The molecule has 3 aromatic carbocycles. The molecule has 0 aromatic heterocycles. The third-order valence-electron chi connectivity index (χ3n) is 4.15. The number of hydrogen-bond donors (Lipinski definition) is 1. The van der Waals surface area contributed by atoms with Crippen molar-refractivity contribution in [1.82, 2.24) is 5.32 Å². The standard InChI is InChI=1S/C23H17IN2O2S/c24-19-8-4-5-9-20(19)25-23-26-22(27)21(29-23)14-16-10-12-18(13-11-16)28-15-17-6-2-1-3-7-17/h1-14H,15H2,(H,25,26,27)/b21-14+. The van der Waals surface area contributed by atoms with Gasteiger partial charge < -0.3 is 10.1 Å². The number of nitrogens with one attached hydrogen (secondary N) is 1. The van der Waals surface area contributed by atoms with Gasteiger partial charge in [-0.3, -0.25) is 4.79 Å². The van der Waals surface area contributed by atoms with E-state index in [9.17, 15) is 4.79 Å². The number of benzene rings is 3. The van der Waals surface area contributed by atoms with E-state index in [4.69, 9.17) is 4.74 Å². The molecule has 1 heterocycles. The van der Waals surface area contributed by atoms with Gasteiger partial charge in [0.05, 0.1) is 10.6 Å². The molecular formula is C23H17IN2O2S. The first-order chi connectivity index (χ1) is 14.2. The Labute approximate surface area is 187 Å². The van der Waals surface area contributed by atoms with E-state index in [0.717, 1.165) is 26.1 Å². The number of rotatable bonds is 5. The highest BCUT2D eigenvalue weighted by atomic mass is 127. The lowest BCUT2D eigenvalue weighted by molar-refractivity contribution is -0.115. The van der Waals surface area contributed by atoms with Gasteiger partial charge in [-0.15, -0.1) is 0 Å². The molecule has 1 N–H and O–H groups in total. The van der Waals surface area contributed by atoms with Gasteiger partial charge in [-0.05, 0) is 75.8 Å². The third kappa shape index (κ3) is 5.27. The maximum Gasteiger partial charge on any atom is 0.264 e. The molecule has 6 heteroatoms. The summed E-state index contributed by atoms with van der Waals surface area (Å²) >= 11 is 3.58. The molecule has 0 aliphatic carbocycles. The number of carbonyl (C=O) groups excluding carboxylic acids is 1. The number of amides is 1. The van der Waals surface area contributed by atoms with Crippen molar-refractivity contribution in [3.63, 3.8) is 0 Å². The molecule has 1 fully saturated rings. The Kier molecular flexibility index (Phi) is 6.31. The number of thioether (sulfide) groups is 1. The van der Waals surface area contributed by atoms with Crippen LogP contribution in [-0.4, -0.2) is 11.1 Å². The highest BCUT2D eigenvalue weighted by Crippen LogP contribution is 2.30. The summed E-state index contributed by atoms with van der Waals surface area (Å²) in [4.78, 5) is 17.4. The van der Waals surface area contributed by atoms with Gasteiger partial charge in [0.25, 0.3) is 5.91 Å². The molecule has 1 aliphatic rings. The van der Waals surface area contributed by atoms with Crippen LogP contribution in [0.5, 0.6) is 5.75 Å². The number of aliphatic imine (C=N–C) groups is 1. The third-order valence-corrected chi connectivity index (χ3v) is 5.97. The number of amidine groups is 1. The molecule has 29 heavy (non-hydrogen) atoms. The largest absolute Gasteiger partial charge is 0.489 e. The van der Waals surface area contributed by atoms with Gasteiger partial charge in [-0.1, -0.05) is 54.6 Å². The summed E-state index contributed by atoms with van der Waals surface area (Å²) in [6.45, 7) is 0.525. The molecule has 0 atom stereocenters. The van der Waals surface area contributed by atoms with Crippen LogP contribution in [0.2, 0.25) is 0 Å². The van der Waals surface area contributed by atoms with Crippen molar-refractivity contribution in [3.8, 4) is 5.75 Å². The van der Waals surface area contributed by atoms with Crippen LogP contribution in [0, 0.1) is 3.57 Å².